The van der Waals surface area contributed by atoms with E-state index in [4.69, 9.17) is 25.9 Å². The SMILES string of the molecule is COc1ccc(C2=NO[C@H](CN(Cc3ccccc3Cl)C[C@H](O)COC(C)C)C2)cc1. The molecule has 31 heavy (non-hydrogen) atoms. The quantitative estimate of drug-likeness (QED) is 0.562. The predicted molar refractivity (Wildman–Crippen MR) is 123 cm³/mol. The van der Waals surface area contributed by atoms with Gasteiger partial charge in [0.25, 0.3) is 0 Å². The van der Waals surface area contributed by atoms with Crippen LogP contribution in [0.1, 0.15) is 31.4 Å². The molecule has 1 heterocycles. The van der Waals surface area contributed by atoms with Crippen molar-refractivity contribution in [3.05, 3.63) is 64.7 Å². The van der Waals surface area contributed by atoms with Crippen LogP contribution in [0.2, 0.25) is 5.02 Å². The first-order valence-corrected chi connectivity index (χ1v) is 10.9. The van der Waals surface area contributed by atoms with Crippen LogP contribution < -0.4 is 4.74 Å². The van der Waals surface area contributed by atoms with Crippen LogP contribution in [0.25, 0.3) is 0 Å². The van der Waals surface area contributed by atoms with E-state index in [-0.39, 0.29) is 18.8 Å². The molecule has 0 saturated carbocycles. The van der Waals surface area contributed by atoms with E-state index in [9.17, 15) is 5.11 Å². The summed E-state index contributed by atoms with van der Waals surface area (Å²) in [7, 11) is 1.65. The Kier molecular flexibility index (Phi) is 8.72. The molecule has 0 amide bonds. The Morgan fingerprint density at radius 3 is 2.61 bits per heavy atom. The summed E-state index contributed by atoms with van der Waals surface area (Å²) < 4.78 is 10.8. The third-order valence-electron chi connectivity index (χ3n) is 5.06. The minimum Gasteiger partial charge on any atom is -0.497 e. The molecule has 1 aliphatic heterocycles. The number of rotatable bonds is 11. The van der Waals surface area contributed by atoms with Crippen molar-refractivity contribution in [1.29, 1.82) is 0 Å². The molecule has 1 N–H and O–H groups in total. The molecule has 7 heteroatoms. The minimum absolute atomic E-state index is 0.0743. The van der Waals surface area contributed by atoms with E-state index in [0.29, 0.717) is 31.1 Å². The zero-order valence-corrected chi connectivity index (χ0v) is 19.1. The van der Waals surface area contributed by atoms with E-state index in [2.05, 4.69) is 10.1 Å². The van der Waals surface area contributed by atoms with Gasteiger partial charge in [-0.2, -0.15) is 0 Å². The molecule has 0 radical (unpaired) electrons. The number of aliphatic hydroxyl groups excluding tert-OH is 1. The summed E-state index contributed by atoms with van der Waals surface area (Å²) in [5, 5.41) is 15.5. The maximum absolute atomic E-state index is 10.5. The predicted octanol–water partition coefficient (Wildman–Crippen LogP) is 4.13. The van der Waals surface area contributed by atoms with Crippen LogP contribution in [0.5, 0.6) is 5.75 Å². The molecule has 2 aromatic rings. The largest absolute Gasteiger partial charge is 0.497 e. The molecule has 0 spiro atoms. The number of nitrogens with zero attached hydrogens (tertiary/aromatic N) is 2. The Morgan fingerprint density at radius 1 is 1.19 bits per heavy atom. The first kappa shape index (κ1) is 23.5. The van der Waals surface area contributed by atoms with Gasteiger partial charge in [-0.15, -0.1) is 0 Å². The number of hydrogen-bond acceptors (Lipinski definition) is 6. The number of oxime groups is 1. The van der Waals surface area contributed by atoms with E-state index >= 15 is 0 Å². The fourth-order valence-corrected chi connectivity index (χ4v) is 3.69. The van der Waals surface area contributed by atoms with Crippen molar-refractivity contribution in [2.75, 3.05) is 26.8 Å². The number of methoxy groups -OCH3 is 1. The Hall–Kier alpha value is -2.12. The zero-order valence-electron chi connectivity index (χ0n) is 18.3. The van der Waals surface area contributed by atoms with Crippen LogP contribution in [0.15, 0.2) is 53.7 Å². The summed E-state index contributed by atoms with van der Waals surface area (Å²) in [6.07, 6.45) is 0.0700. The second-order valence-corrected chi connectivity index (χ2v) is 8.43. The normalized spacial score (nSPS) is 17.0. The molecule has 0 fully saturated rings. The minimum atomic E-state index is -0.603. The number of benzene rings is 2. The van der Waals surface area contributed by atoms with Gasteiger partial charge in [-0.3, -0.25) is 4.90 Å². The summed E-state index contributed by atoms with van der Waals surface area (Å²) in [6.45, 7) is 5.88. The maximum Gasteiger partial charge on any atom is 0.145 e. The molecular formula is C24H31ClN2O4. The summed E-state index contributed by atoms with van der Waals surface area (Å²) in [5.74, 6) is 0.809. The number of ether oxygens (including phenoxy) is 2. The van der Waals surface area contributed by atoms with Gasteiger partial charge in [-0.1, -0.05) is 35.0 Å². The summed E-state index contributed by atoms with van der Waals surface area (Å²) >= 11 is 6.37. The molecule has 0 aromatic heterocycles. The summed E-state index contributed by atoms with van der Waals surface area (Å²) in [6, 6.07) is 15.6. The topological polar surface area (TPSA) is 63.5 Å². The van der Waals surface area contributed by atoms with Crippen molar-refractivity contribution in [2.24, 2.45) is 5.16 Å². The highest BCUT2D eigenvalue weighted by molar-refractivity contribution is 6.31. The van der Waals surface area contributed by atoms with Gasteiger partial charge >= 0.3 is 0 Å². The van der Waals surface area contributed by atoms with Crippen LogP contribution in [0.4, 0.5) is 0 Å². The Balaban J connectivity index is 1.62. The smallest absolute Gasteiger partial charge is 0.145 e. The second kappa shape index (κ2) is 11.5. The standard InChI is InChI=1S/C24H31ClN2O4/c1-17(2)30-16-20(28)14-27(13-19-6-4-5-7-23(19)25)15-22-12-24(26-31-22)18-8-10-21(29-3)11-9-18/h4-11,17,20,22,28H,12-16H2,1-3H3/t20-,22-/m0/s1. The van der Waals surface area contributed by atoms with Gasteiger partial charge < -0.3 is 19.4 Å². The highest BCUT2D eigenvalue weighted by Crippen LogP contribution is 2.22. The fourth-order valence-electron chi connectivity index (χ4n) is 3.49. The molecule has 6 nitrogen and oxygen atoms in total. The molecule has 1 aliphatic rings. The monoisotopic (exact) mass is 446 g/mol. The second-order valence-electron chi connectivity index (χ2n) is 8.02. The number of aliphatic hydroxyl groups is 1. The van der Waals surface area contributed by atoms with Crippen LogP contribution >= 0.6 is 11.6 Å². The molecule has 2 aromatic carbocycles. The third-order valence-corrected chi connectivity index (χ3v) is 5.43. The van der Waals surface area contributed by atoms with Gasteiger partial charge in [0.15, 0.2) is 0 Å². The van der Waals surface area contributed by atoms with Crippen molar-refractivity contribution in [3.8, 4) is 5.75 Å². The lowest BCUT2D eigenvalue weighted by molar-refractivity contribution is -0.0194. The third kappa shape index (κ3) is 7.21. The number of hydrogen-bond donors (Lipinski definition) is 1. The Labute approximate surface area is 189 Å². The molecule has 2 atom stereocenters. The lowest BCUT2D eigenvalue weighted by Crippen LogP contribution is -2.39. The number of halogens is 1. The van der Waals surface area contributed by atoms with Gasteiger partial charge in [-0.05, 0) is 55.3 Å². The van der Waals surface area contributed by atoms with Crippen LogP contribution in [-0.4, -0.2) is 60.8 Å². The summed E-state index contributed by atoms with van der Waals surface area (Å²) in [5.41, 5.74) is 2.94. The van der Waals surface area contributed by atoms with Gasteiger partial charge in [0, 0.05) is 31.1 Å². The maximum atomic E-state index is 10.5. The molecule has 0 aliphatic carbocycles. The lowest BCUT2D eigenvalue weighted by atomic mass is 10.0. The van der Waals surface area contributed by atoms with E-state index in [1.165, 1.54) is 0 Å². The first-order chi connectivity index (χ1) is 14.9. The van der Waals surface area contributed by atoms with Crippen molar-refractivity contribution in [3.63, 3.8) is 0 Å². The van der Waals surface area contributed by atoms with Crippen molar-refractivity contribution in [1.82, 2.24) is 4.90 Å². The lowest BCUT2D eigenvalue weighted by Gasteiger charge is -2.27. The van der Waals surface area contributed by atoms with Crippen molar-refractivity contribution < 1.29 is 19.4 Å². The highest BCUT2D eigenvalue weighted by atomic mass is 35.5. The average Bonchev–Trinajstić information content (AvgIpc) is 3.22. The van der Waals surface area contributed by atoms with E-state index in [1.54, 1.807) is 7.11 Å². The van der Waals surface area contributed by atoms with Crippen LogP contribution in [-0.2, 0) is 16.1 Å². The molecular weight excluding hydrogens is 416 g/mol. The van der Waals surface area contributed by atoms with E-state index in [1.807, 2.05) is 62.4 Å². The van der Waals surface area contributed by atoms with Crippen LogP contribution in [0, 0.1) is 0 Å². The van der Waals surface area contributed by atoms with Gasteiger partial charge in [0.05, 0.1) is 31.6 Å². The first-order valence-electron chi connectivity index (χ1n) is 10.6. The van der Waals surface area contributed by atoms with Gasteiger partial charge in [-0.25, -0.2) is 0 Å². The Morgan fingerprint density at radius 2 is 1.94 bits per heavy atom. The van der Waals surface area contributed by atoms with Crippen molar-refractivity contribution in [2.45, 2.75) is 45.1 Å². The van der Waals surface area contributed by atoms with E-state index in [0.717, 1.165) is 22.6 Å². The van der Waals surface area contributed by atoms with E-state index < -0.39 is 6.10 Å². The summed E-state index contributed by atoms with van der Waals surface area (Å²) in [4.78, 5) is 7.87. The molecule has 0 bridgehead atoms. The van der Waals surface area contributed by atoms with Gasteiger partial charge in [0.1, 0.15) is 11.9 Å². The van der Waals surface area contributed by atoms with Crippen LogP contribution in [0.3, 0.4) is 0 Å². The zero-order chi connectivity index (χ0) is 22.2. The Bertz CT molecular complexity index is 857. The van der Waals surface area contributed by atoms with Gasteiger partial charge in [0.2, 0.25) is 0 Å². The molecule has 0 unspecified atom stereocenters. The molecule has 3 rings (SSSR count). The fraction of sp³-hybridized carbons (Fsp3) is 0.458. The molecule has 168 valence electrons. The van der Waals surface area contributed by atoms with Crippen molar-refractivity contribution >= 4 is 17.3 Å². The molecule has 0 saturated heterocycles. The average molecular weight is 447 g/mol. The highest BCUT2D eigenvalue weighted by Gasteiger charge is 2.26.